The normalized spacial score (nSPS) is 16.8. The number of amides is 2. The van der Waals surface area contributed by atoms with Crippen LogP contribution in [0.25, 0.3) is 5.69 Å². The van der Waals surface area contributed by atoms with Gasteiger partial charge in [-0.2, -0.15) is 13.2 Å². The molecule has 1 atom stereocenters. The Morgan fingerprint density at radius 1 is 1.07 bits per heavy atom. The van der Waals surface area contributed by atoms with Gasteiger partial charge in [0.2, 0.25) is 5.91 Å². The molecule has 5 rings (SSSR count). The van der Waals surface area contributed by atoms with Crippen molar-refractivity contribution in [1.29, 1.82) is 0 Å². The minimum atomic E-state index is -4.77. The van der Waals surface area contributed by atoms with Crippen molar-refractivity contribution >= 4 is 34.8 Å². The number of aromatic nitrogens is 3. The molecule has 2 aromatic carbocycles. The van der Waals surface area contributed by atoms with Crippen LogP contribution in [-0.2, 0) is 27.1 Å². The fourth-order valence-electron chi connectivity index (χ4n) is 4.80. The maximum atomic E-state index is 13.9. The van der Waals surface area contributed by atoms with Crippen molar-refractivity contribution in [3.05, 3.63) is 59.4 Å². The molecule has 1 aromatic heterocycles. The Kier molecular flexibility index (Phi) is 8.92. The summed E-state index contributed by atoms with van der Waals surface area (Å²) in [5.74, 6) is -1.54. The van der Waals surface area contributed by atoms with Gasteiger partial charge >= 0.3 is 12.3 Å². The number of nitrogens with zero attached hydrogens (tertiary/aromatic N) is 4. The minimum absolute atomic E-state index is 0.152. The van der Waals surface area contributed by atoms with Crippen LogP contribution in [0.4, 0.5) is 35.0 Å². The summed E-state index contributed by atoms with van der Waals surface area (Å²) in [6.45, 7) is 1.56. The molecule has 0 aliphatic carbocycles. The van der Waals surface area contributed by atoms with Gasteiger partial charge in [0.15, 0.2) is 12.1 Å². The summed E-state index contributed by atoms with van der Waals surface area (Å²) in [5, 5.41) is 21.5. The molecular formula is C28H29F3N6O6. The smallest absolute Gasteiger partial charge is 0.418 e. The summed E-state index contributed by atoms with van der Waals surface area (Å²) in [7, 11) is 0. The lowest BCUT2D eigenvalue weighted by Crippen LogP contribution is -2.38. The number of carbonyl (C=O) groups excluding carboxylic acids is 2. The van der Waals surface area contributed by atoms with E-state index in [1.165, 1.54) is 27.9 Å². The molecule has 228 valence electrons. The monoisotopic (exact) mass is 602 g/mol. The second-order valence-corrected chi connectivity index (χ2v) is 10.1. The van der Waals surface area contributed by atoms with Crippen molar-refractivity contribution in [1.82, 2.24) is 15.0 Å². The summed E-state index contributed by atoms with van der Waals surface area (Å²) >= 11 is 0. The van der Waals surface area contributed by atoms with Crippen molar-refractivity contribution in [2.24, 2.45) is 0 Å². The second kappa shape index (κ2) is 12.8. The van der Waals surface area contributed by atoms with Crippen molar-refractivity contribution in [3.63, 3.8) is 0 Å². The maximum absolute atomic E-state index is 13.9. The first-order valence-corrected chi connectivity index (χ1v) is 13.6. The SMILES string of the molecule is O=C(O)Nc1cc(N2CCC2)c(C(F)(F)F)cc1NC(=O)CC(=O)c1cccc(-n2nncc2COC2CCCCO2)c1. The van der Waals surface area contributed by atoms with Crippen LogP contribution in [0, 0.1) is 0 Å². The van der Waals surface area contributed by atoms with Gasteiger partial charge in [0.05, 0.1) is 53.2 Å². The first-order valence-electron chi connectivity index (χ1n) is 13.6. The van der Waals surface area contributed by atoms with E-state index >= 15 is 0 Å². The van der Waals surface area contributed by atoms with Crippen LogP contribution in [0.15, 0.2) is 42.6 Å². The topological polar surface area (TPSA) is 148 Å². The fourth-order valence-corrected chi connectivity index (χ4v) is 4.80. The number of hydrogen-bond donors (Lipinski definition) is 3. The molecular weight excluding hydrogens is 573 g/mol. The highest BCUT2D eigenvalue weighted by Gasteiger charge is 2.37. The van der Waals surface area contributed by atoms with Gasteiger partial charge in [0.25, 0.3) is 0 Å². The number of carbonyl (C=O) groups is 3. The molecule has 3 heterocycles. The number of anilines is 3. The Bertz CT molecular complexity index is 1500. The summed E-state index contributed by atoms with van der Waals surface area (Å²) in [5.41, 5.74) is -0.644. The lowest BCUT2D eigenvalue weighted by Gasteiger charge is -2.35. The third-order valence-electron chi connectivity index (χ3n) is 7.06. The number of rotatable bonds is 10. The highest BCUT2D eigenvalue weighted by Crippen LogP contribution is 2.42. The Hall–Kier alpha value is -4.50. The number of nitrogens with one attached hydrogen (secondary N) is 2. The van der Waals surface area contributed by atoms with E-state index in [4.69, 9.17) is 9.47 Å². The molecule has 0 radical (unpaired) electrons. The van der Waals surface area contributed by atoms with Crippen LogP contribution in [0.3, 0.4) is 0 Å². The van der Waals surface area contributed by atoms with Gasteiger partial charge < -0.3 is 24.8 Å². The Labute approximate surface area is 243 Å². The number of ketones is 1. The van der Waals surface area contributed by atoms with Gasteiger partial charge in [0, 0.05) is 25.3 Å². The van der Waals surface area contributed by atoms with Gasteiger partial charge in [-0.25, -0.2) is 9.48 Å². The average molecular weight is 603 g/mol. The molecule has 2 saturated heterocycles. The highest BCUT2D eigenvalue weighted by atomic mass is 19.4. The predicted molar refractivity (Wildman–Crippen MR) is 147 cm³/mol. The van der Waals surface area contributed by atoms with Crippen LogP contribution in [-0.4, -0.2) is 63.9 Å². The van der Waals surface area contributed by atoms with E-state index in [0.29, 0.717) is 43.6 Å². The zero-order chi connectivity index (χ0) is 30.6. The van der Waals surface area contributed by atoms with Crippen molar-refractivity contribution in [2.75, 3.05) is 35.2 Å². The Morgan fingerprint density at radius 2 is 1.86 bits per heavy atom. The number of hydrogen-bond acceptors (Lipinski definition) is 8. The number of alkyl halides is 3. The van der Waals surface area contributed by atoms with E-state index in [0.717, 1.165) is 25.3 Å². The first-order chi connectivity index (χ1) is 20.6. The Balaban J connectivity index is 1.30. The number of halogens is 3. The van der Waals surface area contributed by atoms with Crippen molar-refractivity contribution < 1.29 is 42.1 Å². The molecule has 43 heavy (non-hydrogen) atoms. The standard InChI is InChI=1S/C28H29F3N6O6/c29-28(30,31)20-12-21(22(34-27(40)41)13-23(20)36-8-4-9-36)33-25(39)14-24(38)17-5-3-6-18(11-17)37-19(15-32-35-37)16-43-26-7-1-2-10-42-26/h3,5-6,11-13,15,26,34H,1-2,4,7-10,14,16H2,(H,33,39)(H,40,41). The highest BCUT2D eigenvalue weighted by molar-refractivity contribution is 6.12. The third-order valence-corrected chi connectivity index (χ3v) is 7.06. The molecule has 0 spiro atoms. The average Bonchev–Trinajstić information content (AvgIpc) is 3.41. The first kappa shape index (κ1) is 30.0. The number of ether oxygens (including phenoxy) is 2. The van der Waals surface area contributed by atoms with E-state index in [1.807, 2.05) is 5.32 Å². The summed E-state index contributed by atoms with van der Waals surface area (Å²) in [6, 6.07) is 7.99. The van der Waals surface area contributed by atoms with Crippen molar-refractivity contribution in [3.8, 4) is 5.69 Å². The largest absolute Gasteiger partial charge is 0.465 e. The van der Waals surface area contributed by atoms with Crippen LogP contribution in [0.1, 0.15) is 53.7 Å². The summed E-state index contributed by atoms with van der Waals surface area (Å²) in [6.07, 6.45) is -2.34. The van der Waals surface area contributed by atoms with Crippen molar-refractivity contribution in [2.45, 2.75) is 51.2 Å². The molecule has 3 N–H and O–H groups in total. The molecule has 12 nitrogen and oxygen atoms in total. The lowest BCUT2D eigenvalue weighted by atomic mass is 10.0. The minimum Gasteiger partial charge on any atom is -0.465 e. The Morgan fingerprint density at radius 3 is 2.53 bits per heavy atom. The van der Waals surface area contributed by atoms with Crippen LogP contribution in [0.5, 0.6) is 0 Å². The lowest BCUT2D eigenvalue weighted by molar-refractivity contribution is -0.169. The fraction of sp³-hybridized carbons (Fsp3) is 0.393. The quantitative estimate of drug-likeness (QED) is 0.219. The molecule has 0 saturated carbocycles. The maximum Gasteiger partial charge on any atom is 0.418 e. The molecule has 15 heteroatoms. The van der Waals surface area contributed by atoms with E-state index in [2.05, 4.69) is 15.6 Å². The predicted octanol–water partition coefficient (Wildman–Crippen LogP) is 4.84. The van der Waals surface area contributed by atoms with Crippen LogP contribution >= 0.6 is 0 Å². The van der Waals surface area contributed by atoms with Gasteiger partial charge in [-0.3, -0.25) is 14.9 Å². The van der Waals surface area contributed by atoms with E-state index in [9.17, 15) is 32.7 Å². The molecule has 2 amide bonds. The van der Waals surface area contributed by atoms with Gasteiger partial charge in [0.1, 0.15) is 0 Å². The molecule has 0 bridgehead atoms. The molecule has 2 aliphatic rings. The number of Topliss-reactive ketones (excluding diaryl/α,β-unsaturated/α-hetero) is 1. The van der Waals surface area contributed by atoms with E-state index in [1.54, 1.807) is 12.1 Å². The zero-order valence-corrected chi connectivity index (χ0v) is 22.9. The third kappa shape index (κ3) is 7.29. The number of benzene rings is 2. The molecule has 2 fully saturated rings. The van der Waals surface area contributed by atoms with Crippen LogP contribution < -0.4 is 15.5 Å². The molecule has 1 unspecified atom stereocenters. The van der Waals surface area contributed by atoms with Gasteiger partial charge in [-0.15, -0.1) is 5.10 Å². The summed E-state index contributed by atoms with van der Waals surface area (Å²) in [4.78, 5) is 38.7. The van der Waals surface area contributed by atoms with E-state index < -0.39 is 41.6 Å². The van der Waals surface area contributed by atoms with E-state index in [-0.39, 0.29) is 29.8 Å². The van der Waals surface area contributed by atoms with Crippen LogP contribution in [0.2, 0.25) is 0 Å². The van der Waals surface area contributed by atoms with Gasteiger partial charge in [-0.1, -0.05) is 17.3 Å². The second-order valence-electron chi connectivity index (χ2n) is 10.1. The van der Waals surface area contributed by atoms with Gasteiger partial charge in [-0.05, 0) is 49.9 Å². The number of carboxylic acid groups (broad SMARTS) is 1. The molecule has 2 aliphatic heterocycles. The summed E-state index contributed by atoms with van der Waals surface area (Å²) < 4.78 is 54.5. The zero-order valence-electron chi connectivity index (χ0n) is 22.9. The molecule has 3 aromatic rings.